The van der Waals surface area contributed by atoms with Gasteiger partial charge in [-0.1, -0.05) is 6.07 Å². The Morgan fingerprint density at radius 3 is 2.60 bits per heavy atom. The molecule has 1 aliphatic rings. The van der Waals surface area contributed by atoms with Crippen molar-refractivity contribution in [3.05, 3.63) is 41.9 Å². The minimum atomic E-state index is -4.46. The molecule has 0 spiro atoms. The lowest BCUT2D eigenvalue weighted by molar-refractivity contribution is -0.141. The molecule has 3 rings (SSSR count). The van der Waals surface area contributed by atoms with E-state index in [2.05, 4.69) is 19.9 Å². The highest BCUT2D eigenvalue weighted by Gasteiger charge is 2.32. The van der Waals surface area contributed by atoms with Gasteiger partial charge in [-0.2, -0.15) is 13.2 Å². The Bertz CT molecular complexity index is 715. The van der Waals surface area contributed by atoms with Gasteiger partial charge < -0.3 is 9.64 Å². The van der Waals surface area contributed by atoms with E-state index in [1.165, 1.54) is 12.1 Å². The Morgan fingerprint density at radius 1 is 1.16 bits per heavy atom. The molecule has 1 fully saturated rings. The van der Waals surface area contributed by atoms with Gasteiger partial charge >= 0.3 is 6.18 Å². The Hall–Kier alpha value is -2.38. The number of hydrogen-bond donors (Lipinski definition) is 0. The smallest absolute Gasteiger partial charge is 0.433 e. The molecule has 1 aliphatic heterocycles. The monoisotopic (exact) mass is 352 g/mol. The van der Waals surface area contributed by atoms with Crippen molar-refractivity contribution < 1.29 is 17.9 Å². The van der Waals surface area contributed by atoms with Crippen LogP contribution in [-0.2, 0) is 6.18 Å². The van der Waals surface area contributed by atoms with Gasteiger partial charge in [0.05, 0.1) is 6.61 Å². The summed E-state index contributed by atoms with van der Waals surface area (Å²) >= 11 is 0. The van der Waals surface area contributed by atoms with Gasteiger partial charge in [0.2, 0.25) is 11.8 Å². The number of pyridine rings is 1. The van der Waals surface area contributed by atoms with Crippen LogP contribution in [0.15, 0.2) is 30.5 Å². The van der Waals surface area contributed by atoms with Crippen molar-refractivity contribution in [3.8, 4) is 5.88 Å². The number of aromatic nitrogens is 3. The van der Waals surface area contributed by atoms with Crippen LogP contribution >= 0.6 is 0 Å². The van der Waals surface area contributed by atoms with Gasteiger partial charge in [0.25, 0.3) is 0 Å². The van der Waals surface area contributed by atoms with Crippen molar-refractivity contribution in [1.82, 2.24) is 15.0 Å². The Kier molecular flexibility index (Phi) is 5.06. The molecule has 8 heteroatoms. The quantitative estimate of drug-likeness (QED) is 0.843. The Balaban J connectivity index is 1.51. The van der Waals surface area contributed by atoms with E-state index >= 15 is 0 Å². The van der Waals surface area contributed by atoms with E-state index in [1.54, 1.807) is 6.20 Å². The third-order valence-corrected chi connectivity index (χ3v) is 4.16. The molecule has 2 aromatic rings. The summed E-state index contributed by atoms with van der Waals surface area (Å²) in [5, 5.41) is 0. The number of anilines is 1. The number of halogens is 3. The lowest BCUT2D eigenvalue weighted by Crippen LogP contribution is -2.36. The summed E-state index contributed by atoms with van der Waals surface area (Å²) in [5.41, 5.74) is -0.0116. The molecule has 0 unspecified atom stereocenters. The topological polar surface area (TPSA) is 51.1 Å². The van der Waals surface area contributed by atoms with Crippen LogP contribution in [0.1, 0.15) is 24.2 Å². The molecule has 0 bridgehead atoms. The first-order valence-corrected chi connectivity index (χ1v) is 8.13. The predicted molar refractivity (Wildman–Crippen MR) is 86.4 cm³/mol. The fourth-order valence-electron chi connectivity index (χ4n) is 2.74. The van der Waals surface area contributed by atoms with E-state index in [-0.39, 0.29) is 11.8 Å². The highest BCUT2D eigenvalue weighted by Crippen LogP contribution is 2.29. The summed E-state index contributed by atoms with van der Waals surface area (Å²) in [4.78, 5) is 14.3. The van der Waals surface area contributed by atoms with Gasteiger partial charge in [-0.25, -0.2) is 15.0 Å². The molecule has 0 N–H and O–H groups in total. The predicted octanol–water partition coefficient (Wildman–Crippen LogP) is 3.49. The molecule has 1 saturated heterocycles. The van der Waals surface area contributed by atoms with Crippen molar-refractivity contribution in [2.45, 2.75) is 25.9 Å². The summed E-state index contributed by atoms with van der Waals surface area (Å²) in [6.45, 7) is 3.88. The maximum atomic E-state index is 12.7. The van der Waals surface area contributed by atoms with Gasteiger partial charge in [-0.15, -0.1) is 0 Å². The Morgan fingerprint density at radius 2 is 1.92 bits per heavy atom. The number of piperidine rings is 1. The zero-order valence-corrected chi connectivity index (χ0v) is 13.8. The summed E-state index contributed by atoms with van der Waals surface area (Å²) < 4.78 is 43.5. The summed E-state index contributed by atoms with van der Waals surface area (Å²) in [5.74, 6) is 1.01. The van der Waals surface area contributed by atoms with E-state index in [9.17, 15) is 13.2 Å². The first-order chi connectivity index (χ1) is 11.9. The number of alkyl halides is 3. The molecular weight excluding hydrogens is 333 g/mol. The molecule has 3 heterocycles. The van der Waals surface area contributed by atoms with Crippen molar-refractivity contribution in [3.63, 3.8) is 0 Å². The summed E-state index contributed by atoms with van der Waals surface area (Å²) in [7, 11) is 0. The maximum absolute atomic E-state index is 12.7. The molecule has 2 aromatic heterocycles. The molecule has 0 atom stereocenters. The van der Waals surface area contributed by atoms with Gasteiger partial charge in [0.15, 0.2) is 0 Å². The van der Waals surface area contributed by atoms with E-state index in [1.807, 2.05) is 13.0 Å². The summed E-state index contributed by atoms with van der Waals surface area (Å²) in [6.07, 6.45) is -0.975. The number of ether oxygens (including phenoxy) is 1. The average molecular weight is 352 g/mol. The second-order valence-electron chi connectivity index (χ2n) is 6.10. The van der Waals surface area contributed by atoms with Crippen LogP contribution in [-0.4, -0.2) is 34.6 Å². The van der Waals surface area contributed by atoms with Crippen molar-refractivity contribution in [2.75, 3.05) is 24.6 Å². The zero-order chi connectivity index (χ0) is 17.9. The molecule has 0 aromatic carbocycles. The standard InChI is InChI=1S/C17H19F3N4O/c1-12-5-8-21-16(22-12)24-9-6-13(7-10-24)11-25-15-4-2-3-14(23-15)17(18,19)20/h2-5,8,13H,6-7,9-11H2,1H3. The van der Waals surface area contributed by atoms with E-state index in [4.69, 9.17) is 4.74 Å². The molecule has 0 amide bonds. The van der Waals surface area contributed by atoms with Crippen LogP contribution < -0.4 is 9.64 Å². The second-order valence-corrected chi connectivity index (χ2v) is 6.10. The van der Waals surface area contributed by atoms with Crippen LogP contribution in [0.2, 0.25) is 0 Å². The van der Waals surface area contributed by atoms with Crippen molar-refractivity contribution >= 4 is 5.95 Å². The first kappa shape index (κ1) is 17.4. The fraction of sp³-hybridized carbons (Fsp3) is 0.471. The zero-order valence-electron chi connectivity index (χ0n) is 13.8. The van der Waals surface area contributed by atoms with Crippen LogP contribution in [0.25, 0.3) is 0 Å². The summed E-state index contributed by atoms with van der Waals surface area (Å²) in [6, 6.07) is 5.55. The third-order valence-electron chi connectivity index (χ3n) is 4.16. The van der Waals surface area contributed by atoms with Crippen LogP contribution in [0.4, 0.5) is 19.1 Å². The van der Waals surface area contributed by atoms with E-state index < -0.39 is 11.9 Å². The minimum Gasteiger partial charge on any atom is -0.477 e. The highest BCUT2D eigenvalue weighted by molar-refractivity contribution is 5.30. The molecule has 0 saturated carbocycles. The average Bonchev–Trinajstić information content (AvgIpc) is 2.60. The van der Waals surface area contributed by atoms with Crippen LogP contribution in [0, 0.1) is 12.8 Å². The van der Waals surface area contributed by atoms with Crippen molar-refractivity contribution in [1.29, 1.82) is 0 Å². The Labute approximate surface area is 143 Å². The van der Waals surface area contributed by atoms with E-state index in [0.29, 0.717) is 6.61 Å². The molecule has 134 valence electrons. The van der Waals surface area contributed by atoms with Crippen LogP contribution in [0.3, 0.4) is 0 Å². The van der Waals surface area contributed by atoms with E-state index in [0.717, 1.165) is 43.6 Å². The van der Waals surface area contributed by atoms with Gasteiger partial charge in [0, 0.05) is 31.0 Å². The second kappa shape index (κ2) is 7.25. The SMILES string of the molecule is Cc1ccnc(N2CCC(COc3cccc(C(F)(F)F)n3)CC2)n1. The molecule has 25 heavy (non-hydrogen) atoms. The fourth-order valence-corrected chi connectivity index (χ4v) is 2.74. The highest BCUT2D eigenvalue weighted by atomic mass is 19.4. The molecule has 0 aliphatic carbocycles. The molecular formula is C17H19F3N4O. The number of nitrogens with zero attached hydrogens (tertiary/aromatic N) is 4. The first-order valence-electron chi connectivity index (χ1n) is 8.13. The van der Waals surface area contributed by atoms with Gasteiger partial charge in [0.1, 0.15) is 5.69 Å². The number of aryl methyl sites for hydroxylation is 1. The maximum Gasteiger partial charge on any atom is 0.433 e. The lowest BCUT2D eigenvalue weighted by Gasteiger charge is -2.31. The molecule has 5 nitrogen and oxygen atoms in total. The van der Waals surface area contributed by atoms with Crippen LogP contribution in [0.5, 0.6) is 5.88 Å². The minimum absolute atomic E-state index is 0.0132. The lowest BCUT2D eigenvalue weighted by atomic mass is 9.98. The van der Waals surface area contributed by atoms with Crippen molar-refractivity contribution in [2.24, 2.45) is 5.92 Å². The largest absolute Gasteiger partial charge is 0.477 e. The van der Waals surface area contributed by atoms with Gasteiger partial charge in [-0.05, 0) is 37.8 Å². The van der Waals surface area contributed by atoms with Gasteiger partial charge in [-0.3, -0.25) is 0 Å². The number of rotatable bonds is 4. The number of hydrogen-bond acceptors (Lipinski definition) is 5. The normalized spacial score (nSPS) is 16.1. The third kappa shape index (κ3) is 4.58. The molecule has 0 radical (unpaired) electrons.